The monoisotopic (exact) mass is 229 g/mol. The minimum Gasteiger partial charge on any atom is -0.397 e. The summed E-state index contributed by atoms with van der Waals surface area (Å²) in [6.45, 7) is 0. The summed E-state index contributed by atoms with van der Waals surface area (Å²) in [5, 5.41) is 0.943. The van der Waals surface area contributed by atoms with E-state index in [0.717, 1.165) is 11.8 Å². The summed E-state index contributed by atoms with van der Waals surface area (Å²) in [6.07, 6.45) is 4.58. The number of hydrogen-bond donors (Lipinski definition) is 1. The first-order valence-corrected chi connectivity index (χ1v) is 4.75. The second kappa shape index (κ2) is 5.03. The summed E-state index contributed by atoms with van der Waals surface area (Å²) in [5.74, 6) is 0. The van der Waals surface area contributed by atoms with Crippen molar-refractivity contribution >= 4 is 41.3 Å². The Hall–Kier alpha value is -0.990. The van der Waals surface area contributed by atoms with Crippen LogP contribution in [0.5, 0.6) is 0 Å². The molecule has 2 nitrogen and oxygen atoms in total. The summed E-state index contributed by atoms with van der Waals surface area (Å²) in [6, 6.07) is 3.28. The predicted molar refractivity (Wildman–Crippen MR) is 60.6 cm³/mol. The van der Waals surface area contributed by atoms with Gasteiger partial charge in [-0.3, -0.25) is 0 Å². The van der Waals surface area contributed by atoms with E-state index in [1.165, 1.54) is 0 Å². The predicted octanol–water partition coefficient (Wildman–Crippen LogP) is 3.18. The molecule has 0 saturated heterocycles. The van der Waals surface area contributed by atoms with E-state index in [4.69, 9.17) is 28.9 Å². The van der Waals surface area contributed by atoms with Gasteiger partial charge < -0.3 is 10.5 Å². The van der Waals surface area contributed by atoms with Crippen LogP contribution in [0.1, 0.15) is 12.0 Å². The summed E-state index contributed by atoms with van der Waals surface area (Å²) in [7, 11) is 0. The maximum Gasteiger partial charge on any atom is 0.123 e. The van der Waals surface area contributed by atoms with Crippen molar-refractivity contribution in [2.24, 2.45) is 0 Å². The Morgan fingerprint density at radius 2 is 2.07 bits per heavy atom. The quantitative estimate of drug-likeness (QED) is 0.640. The molecule has 0 aliphatic heterocycles. The molecule has 0 aliphatic rings. The highest BCUT2D eigenvalue weighted by molar-refractivity contribution is 6.36. The second-order valence-corrected chi connectivity index (χ2v) is 3.54. The average Bonchev–Trinajstić information content (AvgIpc) is 2.13. The number of rotatable bonds is 3. The molecule has 1 aromatic carbocycles. The average molecular weight is 230 g/mol. The maximum absolute atomic E-state index is 10.1. The number of nitrogen functional groups attached to an aromatic ring is 1. The van der Waals surface area contributed by atoms with Crippen molar-refractivity contribution in [2.45, 2.75) is 6.42 Å². The number of carbonyl (C=O) groups is 1. The van der Waals surface area contributed by atoms with Gasteiger partial charge in [-0.15, -0.1) is 0 Å². The summed E-state index contributed by atoms with van der Waals surface area (Å²) in [5.41, 5.74) is 6.90. The van der Waals surface area contributed by atoms with Gasteiger partial charge in [0.15, 0.2) is 0 Å². The number of carbonyl (C=O) groups excluding carboxylic acids is 1. The summed E-state index contributed by atoms with van der Waals surface area (Å²) >= 11 is 11.6. The highest BCUT2D eigenvalue weighted by Crippen LogP contribution is 2.28. The van der Waals surface area contributed by atoms with Crippen LogP contribution in [0.2, 0.25) is 10.0 Å². The Morgan fingerprint density at radius 3 is 2.71 bits per heavy atom. The van der Waals surface area contributed by atoms with Gasteiger partial charge in [-0.25, -0.2) is 0 Å². The molecular weight excluding hydrogens is 221 g/mol. The molecule has 0 fully saturated rings. The van der Waals surface area contributed by atoms with E-state index < -0.39 is 0 Å². The molecule has 74 valence electrons. The smallest absolute Gasteiger partial charge is 0.123 e. The van der Waals surface area contributed by atoms with Crippen molar-refractivity contribution in [2.75, 3.05) is 5.73 Å². The van der Waals surface area contributed by atoms with Crippen LogP contribution in [0, 0.1) is 0 Å². The molecule has 0 atom stereocenters. The number of halogens is 2. The summed E-state index contributed by atoms with van der Waals surface area (Å²) in [4.78, 5) is 10.1. The zero-order valence-corrected chi connectivity index (χ0v) is 8.85. The standard InChI is InChI=1S/C10H9Cl2NO/c11-8-5-7(3-1-2-4-14)10(13)9(12)6-8/h1,3-6H,2,13H2. The van der Waals surface area contributed by atoms with Gasteiger partial charge in [-0.1, -0.05) is 35.4 Å². The van der Waals surface area contributed by atoms with Gasteiger partial charge in [-0.05, 0) is 12.1 Å². The first-order valence-electron chi connectivity index (χ1n) is 4.00. The molecular formula is C10H9Cl2NO. The SMILES string of the molecule is Nc1c(Cl)cc(Cl)cc1C=CCC=O. The highest BCUT2D eigenvalue weighted by atomic mass is 35.5. The molecule has 0 amide bonds. The number of nitrogens with two attached hydrogens (primary N) is 1. The normalized spacial score (nSPS) is 10.7. The van der Waals surface area contributed by atoms with Crippen LogP contribution in [0.4, 0.5) is 5.69 Å². The van der Waals surface area contributed by atoms with E-state index in [9.17, 15) is 4.79 Å². The van der Waals surface area contributed by atoms with E-state index in [1.807, 2.05) is 0 Å². The Kier molecular flexibility index (Phi) is 3.98. The van der Waals surface area contributed by atoms with Gasteiger partial charge in [-0.2, -0.15) is 0 Å². The molecule has 0 aliphatic carbocycles. The lowest BCUT2D eigenvalue weighted by Crippen LogP contribution is -1.90. The molecule has 14 heavy (non-hydrogen) atoms. The lowest BCUT2D eigenvalue weighted by molar-refractivity contribution is -0.107. The minimum atomic E-state index is 0.351. The van der Waals surface area contributed by atoms with Gasteiger partial charge in [0.1, 0.15) is 6.29 Å². The van der Waals surface area contributed by atoms with Crippen LogP contribution in [0.25, 0.3) is 6.08 Å². The van der Waals surface area contributed by atoms with Crippen molar-refractivity contribution in [3.63, 3.8) is 0 Å². The van der Waals surface area contributed by atoms with Crippen LogP contribution in [0.15, 0.2) is 18.2 Å². The lowest BCUT2D eigenvalue weighted by atomic mass is 10.1. The van der Waals surface area contributed by atoms with Crippen molar-refractivity contribution < 1.29 is 4.79 Å². The van der Waals surface area contributed by atoms with E-state index in [1.54, 1.807) is 24.3 Å². The zero-order chi connectivity index (χ0) is 10.6. The molecule has 1 rings (SSSR count). The molecule has 4 heteroatoms. The van der Waals surface area contributed by atoms with Crippen molar-refractivity contribution in [1.29, 1.82) is 0 Å². The first kappa shape index (κ1) is 11.1. The molecule has 0 radical (unpaired) electrons. The Bertz CT molecular complexity index is 375. The van der Waals surface area contributed by atoms with Crippen LogP contribution in [-0.2, 0) is 4.79 Å². The van der Waals surface area contributed by atoms with Gasteiger partial charge >= 0.3 is 0 Å². The summed E-state index contributed by atoms with van der Waals surface area (Å²) < 4.78 is 0. The topological polar surface area (TPSA) is 43.1 Å². The fourth-order valence-electron chi connectivity index (χ4n) is 0.993. The van der Waals surface area contributed by atoms with Crippen LogP contribution in [0.3, 0.4) is 0 Å². The number of allylic oxidation sites excluding steroid dienone is 1. The molecule has 1 aromatic rings. The second-order valence-electron chi connectivity index (χ2n) is 2.70. The Balaban J connectivity index is 3.01. The highest BCUT2D eigenvalue weighted by Gasteiger charge is 2.02. The van der Waals surface area contributed by atoms with Gasteiger partial charge in [0.2, 0.25) is 0 Å². The zero-order valence-electron chi connectivity index (χ0n) is 7.34. The van der Waals surface area contributed by atoms with Crippen LogP contribution >= 0.6 is 23.2 Å². The fourth-order valence-corrected chi connectivity index (χ4v) is 1.50. The Labute approximate surface area is 92.3 Å². The van der Waals surface area contributed by atoms with E-state index in [-0.39, 0.29) is 0 Å². The number of hydrogen-bond acceptors (Lipinski definition) is 2. The largest absolute Gasteiger partial charge is 0.397 e. The third-order valence-corrected chi connectivity index (χ3v) is 2.19. The molecule has 0 aromatic heterocycles. The Morgan fingerprint density at radius 1 is 1.36 bits per heavy atom. The molecule has 0 unspecified atom stereocenters. The number of benzene rings is 1. The van der Waals surface area contributed by atoms with Crippen molar-refractivity contribution in [3.8, 4) is 0 Å². The van der Waals surface area contributed by atoms with Gasteiger partial charge in [0, 0.05) is 17.0 Å². The third-order valence-electron chi connectivity index (χ3n) is 1.66. The van der Waals surface area contributed by atoms with Crippen LogP contribution < -0.4 is 5.73 Å². The van der Waals surface area contributed by atoms with Crippen molar-refractivity contribution in [1.82, 2.24) is 0 Å². The van der Waals surface area contributed by atoms with E-state index in [2.05, 4.69) is 0 Å². The fraction of sp³-hybridized carbons (Fsp3) is 0.100. The van der Waals surface area contributed by atoms with E-state index in [0.29, 0.717) is 22.2 Å². The minimum absolute atomic E-state index is 0.351. The first-order chi connectivity index (χ1) is 6.65. The molecule has 0 bridgehead atoms. The van der Waals surface area contributed by atoms with Gasteiger partial charge in [0.25, 0.3) is 0 Å². The van der Waals surface area contributed by atoms with E-state index >= 15 is 0 Å². The van der Waals surface area contributed by atoms with Crippen LogP contribution in [-0.4, -0.2) is 6.29 Å². The maximum atomic E-state index is 10.1. The van der Waals surface area contributed by atoms with Gasteiger partial charge in [0.05, 0.1) is 10.7 Å². The third kappa shape index (κ3) is 2.76. The lowest BCUT2D eigenvalue weighted by Gasteiger charge is -2.03. The van der Waals surface area contributed by atoms with Crippen molar-refractivity contribution in [3.05, 3.63) is 33.8 Å². The molecule has 0 spiro atoms. The number of anilines is 1. The molecule has 0 heterocycles. The number of aldehydes is 1. The molecule has 2 N–H and O–H groups in total. The molecule has 0 saturated carbocycles.